The molecule has 0 unspecified atom stereocenters. The van der Waals surface area contributed by atoms with E-state index in [9.17, 15) is 4.79 Å². The Hall–Kier alpha value is -0.530. The van der Waals surface area contributed by atoms with E-state index in [-0.39, 0.29) is 11.3 Å². The number of hydrogen-bond acceptors (Lipinski definition) is 1. The Bertz CT molecular complexity index is 146. The summed E-state index contributed by atoms with van der Waals surface area (Å²) < 4.78 is 0. The Morgan fingerprint density at radius 1 is 1.50 bits per heavy atom. The minimum absolute atomic E-state index is 0.208. The van der Waals surface area contributed by atoms with Crippen LogP contribution in [0.15, 0.2) is 0 Å². The van der Waals surface area contributed by atoms with E-state index in [0.29, 0.717) is 12.5 Å². The highest BCUT2D eigenvalue weighted by atomic mass is 16.1. The summed E-state index contributed by atoms with van der Waals surface area (Å²) in [5.41, 5.74) is 0.228. The van der Waals surface area contributed by atoms with Crippen molar-refractivity contribution < 1.29 is 4.79 Å². The Labute approximate surface area is 62.0 Å². The molecule has 1 N–H and O–H groups in total. The van der Waals surface area contributed by atoms with Gasteiger partial charge >= 0.3 is 0 Å². The van der Waals surface area contributed by atoms with E-state index < -0.39 is 0 Å². The molecule has 1 amide bonds. The Kier molecular flexibility index (Phi) is 1.71. The van der Waals surface area contributed by atoms with Crippen LogP contribution in [0.4, 0.5) is 0 Å². The van der Waals surface area contributed by atoms with E-state index in [2.05, 4.69) is 26.1 Å². The fraction of sp³-hybridized carbons (Fsp3) is 0.875. The molecule has 1 saturated heterocycles. The van der Waals surface area contributed by atoms with Crippen molar-refractivity contribution >= 4 is 5.91 Å². The molecule has 0 aromatic heterocycles. The average molecular weight is 141 g/mol. The number of carbonyl (C=O) groups is 1. The average Bonchev–Trinajstić information content (AvgIpc) is 2.11. The molecule has 2 nitrogen and oxygen atoms in total. The van der Waals surface area contributed by atoms with Gasteiger partial charge in [-0.3, -0.25) is 4.79 Å². The van der Waals surface area contributed by atoms with Gasteiger partial charge in [-0.1, -0.05) is 20.8 Å². The zero-order valence-corrected chi connectivity index (χ0v) is 6.90. The van der Waals surface area contributed by atoms with E-state index >= 15 is 0 Å². The van der Waals surface area contributed by atoms with Crippen LogP contribution < -0.4 is 5.32 Å². The third kappa shape index (κ3) is 1.49. The molecule has 58 valence electrons. The van der Waals surface area contributed by atoms with Crippen molar-refractivity contribution in [1.29, 1.82) is 0 Å². The first-order valence-electron chi connectivity index (χ1n) is 3.79. The lowest BCUT2D eigenvalue weighted by molar-refractivity contribution is -0.119. The van der Waals surface area contributed by atoms with Gasteiger partial charge in [0, 0.05) is 12.5 Å². The van der Waals surface area contributed by atoms with Crippen molar-refractivity contribution in [2.75, 3.05) is 0 Å². The van der Waals surface area contributed by atoms with E-state index in [0.717, 1.165) is 6.42 Å². The fourth-order valence-electron chi connectivity index (χ4n) is 1.26. The molecule has 1 aliphatic heterocycles. The first-order valence-corrected chi connectivity index (χ1v) is 3.79. The van der Waals surface area contributed by atoms with Gasteiger partial charge in [0.2, 0.25) is 5.91 Å². The van der Waals surface area contributed by atoms with Gasteiger partial charge in [0.25, 0.3) is 0 Å². The van der Waals surface area contributed by atoms with Crippen molar-refractivity contribution in [2.24, 2.45) is 5.41 Å². The van der Waals surface area contributed by atoms with Gasteiger partial charge in [-0.05, 0) is 11.8 Å². The number of rotatable bonds is 0. The van der Waals surface area contributed by atoms with Gasteiger partial charge in [-0.15, -0.1) is 0 Å². The highest BCUT2D eigenvalue weighted by Crippen LogP contribution is 2.25. The Morgan fingerprint density at radius 2 is 2.10 bits per heavy atom. The monoisotopic (exact) mass is 141 g/mol. The van der Waals surface area contributed by atoms with Gasteiger partial charge in [-0.25, -0.2) is 0 Å². The van der Waals surface area contributed by atoms with Crippen molar-refractivity contribution in [1.82, 2.24) is 5.32 Å². The maximum Gasteiger partial charge on any atom is 0.220 e. The van der Waals surface area contributed by atoms with Crippen molar-refractivity contribution in [3.05, 3.63) is 0 Å². The maximum absolute atomic E-state index is 10.8. The highest BCUT2D eigenvalue weighted by molar-refractivity contribution is 5.78. The molecule has 0 bridgehead atoms. The molecule has 0 spiro atoms. The molecule has 1 atom stereocenters. The number of hydrogen-bond donors (Lipinski definition) is 1. The number of nitrogens with one attached hydrogen (secondary N) is 1. The lowest BCUT2D eigenvalue weighted by Crippen LogP contribution is -2.36. The van der Waals surface area contributed by atoms with Crippen LogP contribution >= 0.6 is 0 Å². The topological polar surface area (TPSA) is 29.1 Å². The molecule has 2 heteroatoms. The van der Waals surface area contributed by atoms with Gasteiger partial charge in [0.1, 0.15) is 0 Å². The molecule has 0 saturated carbocycles. The molecular weight excluding hydrogens is 126 g/mol. The highest BCUT2D eigenvalue weighted by Gasteiger charge is 2.30. The molecule has 0 aliphatic carbocycles. The van der Waals surface area contributed by atoms with E-state index in [1.807, 2.05) is 0 Å². The van der Waals surface area contributed by atoms with Crippen LogP contribution in [-0.4, -0.2) is 11.9 Å². The summed E-state index contributed by atoms with van der Waals surface area (Å²) in [5, 5.41) is 2.95. The maximum atomic E-state index is 10.8. The predicted molar refractivity (Wildman–Crippen MR) is 40.6 cm³/mol. The molecule has 1 heterocycles. The lowest BCUT2D eigenvalue weighted by atomic mass is 9.86. The second-order valence-corrected chi connectivity index (χ2v) is 4.02. The second-order valence-electron chi connectivity index (χ2n) is 4.02. The quantitative estimate of drug-likeness (QED) is 0.541. The molecule has 1 fully saturated rings. The van der Waals surface area contributed by atoms with Crippen LogP contribution in [0.3, 0.4) is 0 Å². The Balaban J connectivity index is 2.53. The fourth-order valence-corrected chi connectivity index (χ4v) is 1.26. The van der Waals surface area contributed by atoms with Gasteiger partial charge in [0.15, 0.2) is 0 Å². The number of amides is 1. The third-order valence-electron chi connectivity index (χ3n) is 2.04. The molecule has 0 radical (unpaired) electrons. The summed E-state index contributed by atoms with van der Waals surface area (Å²) in [6.07, 6.45) is 1.71. The smallest absolute Gasteiger partial charge is 0.220 e. The largest absolute Gasteiger partial charge is 0.353 e. The van der Waals surface area contributed by atoms with Crippen molar-refractivity contribution in [3.8, 4) is 0 Å². The van der Waals surface area contributed by atoms with Gasteiger partial charge < -0.3 is 5.32 Å². The van der Waals surface area contributed by atoms with E-state index in [1.165, 1.54) is 0 Å². The molecule has 1 rings (SSSR count). The summed E-state index contributed by atoms with van der Waals surface area (Å²) in [7, 11) is 0. The standard InChI is InChI=1S/C8H15NO/c1-8(2,3)6-4-5-7(10)9-6/h6H,4-5H2,1-3H3,(H,9,10)/t6-/m0/s1. The molecular formula is C8H15NO. The minimum atomic E-state index is 0.208. The summed E-state index contributed by atoms with van der Waals surface area (Å²) in [5.74, 6) is 0.208. The van der Waals surface area contributed by atoms with Crippen LogP contribution in [0.1, 0.15) is 33.6 Å². The van der Waals surface area contributed by atoms with E-state index in [1.54, 1.807) is 0 Å². The van der Waals surface area contributed by atoms with E-state index in [4.69, 9.17) is 0 Å². The lowest BCUT2D eigenvalue weighted by Gasteiger charge is -2.26. The van der Waals surface area contributed by atoms with Gasteiger partial charge in [0.05, 0.1) is 0 Å². The van der Waals surface area contributed by atoms with Crippen LogP contribution in [0.2, 0.25) is 0 Å². The van der Waals surface area contributed by atoms with Crippen LogP contribution in [-0.2, 0) is 4.79 Å². The second kappa shape index (κ2) is 2.26. The predicted octanol–water partition coefficient (Wildman–Crippen LogP) is 1.31. The molecule has 0 aromatic rings. The first kappa shape index (κ1) is 7.58. The zero-order chi connectivity index (χ0) is 7.78. The van der Waals surface area contributed by atoms with Crippen LogP contribution in [0.25, 0.3) is 0 Å². The van der Waals surface area contributed by atoms with Crippen LogP contribution in [0.5, 0.6) is 0 Å². The molecule has 1 aliphatic rings. The summed E-state index contributed by atoms with van der Waals surface area (Å²) in [6, 6.07) is 0.389. The van der Waals surface area contributed by atoms with Gasteiger partial charge in [-0.2, -0.15) is 0 Å². The molecule has 0 aromatic carbocycles. The number of carbonyl (C=O) groups excluding carboxylic acids is 1. The normalized spacial score (nSPS) is 26.7. The summed E-state index contributed by atoms with van der Waals surface area (Å²) >= 11 is 0. The summed E-state index contributed by atoms with van der Waals surface area (Å²) in [4.78, 5) is 10.8. The first-order chi connectivity index (χ1) is 4.50. The third-order valence-corrected chi connectivity index (χ3v) is 2.04. The van der Waals surface area contributed by atoms with Crippen molar-refractivity contribution in [3.63, 3.8) is 0 Å². The van der Waals surface area contributed by atoms with Crippen LogP contribution in [0, 0.1) is 5.41 Å². The zero-order valence-electron chi connectivity index (χ0n) is 6.90. The molecule has 10 heavy (non-hydrogen) atoms. The Morgan fingerprint density at radius 3 is 2.30 bits per heavy atom. The van der Waals surface area contributed by atoms with Crippen molar-refractivity contribution in [2.45, 2.75) is 39.7 Å². The minimum Gasteiger partial charge on any atom is -0.353 e. The SMILES string of the molecule is CC(C)(C)[C@@H]1CCC(=O)N1. The summed E-state index contributed by atoms with van der Waals surface area (Å²) in [6.45, 7) is 6.47.